The highest BCUT2D eigenvalue weighted by atomic mass is 32.2. The van der Waals surface area contributed by atoms with Gasteiger partial charge in [-0.25, -0.2) is 8.42 Å². The second-order valence-corrected chi connectivity index (χ2v) is 9.09. The van der Waals surface area contributed by atoms with Crippen LogP contribution in [-0.4, -0.2) is 53.8 Å². The number of carbonyl (C=O) groups is 1. The number of ketones is 1. The van der Waals surface area contributed by atoms with Gasteiger partial charge in [-0.3, -0.25) is 4.79 Å². The van der Waals surface area contributed by atoms with E-state index in [-0.39, 0.29) is 35.7 Å². The summed E-state index contributed by atoms with van der Waals surface area (Å²) in [6.45, 7) is 4.04. The molecule has 25 heavy (non-hydrogen) atoms. The number of aliphatic hydroxyl groups is 2. The van der Waals surface area contributed by atoms with Gasteiger partial charge in [-0.2, -0.15) is 0 Å². The summed E-state index contributed by atoms with van der Waals surface area (Å²) in [7, 11) is -3.22. The van der Waals surface area contributed by atoms with E-state index in [1.165, 1.54) is 0 Å². The molecule has 0 spiro atoms. The highest BCUT2D eigenvalue weighted by Gasteiger charge is 2.47. The van der Waals surface area contributed by atoms with Crippen molar-refractivity contribution in [2.24, 2.45) is 11.1 Å². The van der Waals surface area contributed by atoms with E-state index in [1.807, 2.05) is 6.92 Å². The van der Waals surface area contributed by atoms with Crippen LogP contribution in [0.15, 0.2) is 16.5 Å². The number of hydrogen-bond acceptors (Lipinski definition) is 7. The van der Waals surface area contributed by atoms with Crippen molar-refractivity contribution in [2.75, 3.05) is 18.1 Å². The van der Waals surface area contributed by atoms with E-state index in [9.17, 15) is 23.4 Å². The lowest BCUT2D eigenvalue weighted by Crippen LogP contribution is -2.48. The molecule has 0 amide bonds. The van der Waals surface area contributed by atoms with Gasteiger partial charge < -0.3 is 15.1 Å². The predicted octanol–water partition coefficient (Wildman–Crippen LogP) is 1.91. The zero-order valence-electron chi connectivity index (χ0n) is 14.8. The Kier molecular flexibility index (Phi) is 6.26. The maximum Gasteiger partial charge on any atom is 0.171 e. The molecule has 0 aromatic heterocycles. The average Bonchev–Trinajstić information content (AvgIpc) is 2.50. The molecule has 1 saturated heterocycles. The SMILES string of the molecule is CCC/C(=N\OCC)C1=C(O)CC(O)(C2CCCS(=O)(=O)C2)CC1=O. The van der Waals surface area contributed by atoms with E-state index in [4.69, 9.17) is 4.84 Å². The summed E-state index contributed by atoms with van der Waals surface area (Å²) < 4.78 is 23.8. The van der Waals surface area contributed by atoms with Crippen molar-refractivity contribution in [1.82, 2.24) is 0 Å². The first-order valence-corrected chi connectivity index (χ1v) is 10.6. The third kappa shape index (κ3) is 4.61. The monoisotopic (exact) mass is 373 g/mol. The molecule has 2 N–H and O–H groups in total. The van der Waals surface area contributed by atoms with Gasteiger partial charge in [-0.15, -0.1) is 0 Å². The van der Waals surface area contributed by atoms with Crippen LogP contribution < -0.4 is 0 Å². The molecule has 1 fully saturated rings. The van der Waals surface area contributed by atoms with E-state index >= 15 is 0 Å². The third-order valence-electron chi connectivity index (χ3n) is 4.81. The third-order valence-corrected chi connectivity index (χ3v) is 6.63. The molecule has 2 unspecified atom stereocenters. The quantitative estimate of drug-likeness (QED) is 0.543. The van der Waals surface area contributed by atoms with E-state index in [0.29, 0.717) is 31.6 Å². The molecule has 7 nitrogen and oxygen atoms in total. The van der Waals surface area contributed by atoms with Gasteiger partial charge in [0.1, 0.15) is 12.4 Å². The van der Waals surface area contributed by atoms with Gasteiger partial charge in [0.2, 0.25) is 0 Å². The van der Waals surface area contributed by atoms with E-state index < -0.39 is 27.1 Å². The van der Waals surface area contributed by atoms with Crippen molar-refractivity contribution in [1.29, 1.82) is 0 Å². The molecule has 2 atom stereocenters. The minimum absolute atomic E-state index is 0.110. The molecule has 1 aliphatic heterocycles. The summed E-state index contributed by atoms with van der Waals surface area (Å²) in [5.41, 5.74) is -1.04. The van der Waals surface area contributed by atoms with Crippen LogP contribution in [0.3, 0.4) is 0 Å². The van der Waals surface area contributed by atoms with Crippen molar-refractivity contribution in [2.45, 2.75) is 58.0 Å². The molecule has 0 saturated carbocycles. The summed E-state index contributed by atoms with van der Waals surface area (Å²) in [5.74, 6) is -1.22. The second kappa shape index (κ2) is 7.86. The topological polar surface area (TPSA) is 113 Å². The van der Waals surface area contributed by atoms with Gasteiger partial charge in [-0.1, -0.05) is 18.5 Å². The fourth-order valence-corrected chi connectivity index (χ4v) is 5.49. The van der Waals surface area contributed by atoms with Crippen LogP contribution in [-0.2, 0) is 19.5 Å². The van der Waals surface area contributed by atoms with Gasteiger partial charge in [0.25, 0.3) is 0 Å². The number of carbonyl (C=O) groups excluding carboxylic acids is 1. The van der Waals surface area contributed by atoms with Crippen molar-refractivity contribution < 1.29 is 28.3 Å². The molecule has 0 aromatic rings. The van der Waals surface area contributed by atoms with Crippen molar-refractivity contribution in [3.63, 3.8) is 0 Å². The largest absolute Gasteiger partial charge is 0.511 e. The van der Waals surface area contributed by atoms with Crippen LogP contribution in [0, 0.1) is 5.92 Å². The van der Waals surface area contributed by atoms with E-state index in [0.717, 1.165) is 6.42 Å². The summed E-state index contributed by atoms with van der Waals surface area (Å²) in [6, 6.07) is 0. The lowest BCUT2D eigenvalue weighted by molar-refractivity contribution is -0.125. The second-order valence-electron chi connectivity index (χ2n) is 6.86. The fraction of sp³-hybridized carbons (Fsp3) is 0.765. The molecule has 0 aromatic carbocycles. The predicted molar refractivity (Wildman–Crippen MR) is 94.2 cm³/mol. The van der Waals surface area contributed by atoms with Gasteiger partial charge >= 0.3 is 0 Å². The molecule has 2 aliphatic rings. The van der Waals surface area contributed by atoms with Gasteiger partial charge in [0.05, 0.1) is 28.4 Å². The van der Waals surface area contributed by atoms with Crippen LogP contribution in [0.2, 0.25) is 0 Å². The first kappa shape index (κ1) is 19.9. The number of nitrogens with zero attached hydrogens (tertiary/aromatic N) is 1. The van der Waals surface area contributed by atoms with Crippen LogP contribution in [0.4, 0.5) is 0 Å². The molecular formula is C17H27NO6S. The lowest BCUT2D eigenvalue weighted by atomic mass is 9.73. The highest BCUT2D eigenvalue weighted by molar-refractivity contribution is 7.91. The standard InChI is InChI=1S/C17H27NO6S/c1-3-6-13(18-24-4-2)16-14(19)9-17(21,10-15(16)20)12-7-5-8-25(22,23)11-12/h12,19,21H,3-11H2,1-2H3/b18-13+. The van der Waals surface area contributed by atoms with E-state index in [1.54, 1.807) is 6.92 Å². The summed E-state index contributed by atoms with van der Waals surface area (Å²) in [6.07, 6.45) is 1.85. The number of oxime groups is 1. The number of rotatable bonds is 6. The van der Waals surface area contributed by atoms with Crippen molar-refractivity contribution >= 4 is 21.3 Å². The fourth-order valence-electron chi connectivity index (χ4n) is 3.63. The molecule has 1 heterocycles. The Hall–Kier alpha value is -1.41. The maximum absolute atomic E-state index is 12.6. The van der Waals surface area contributed by atoms with Gasteiger partial charge in [0.15, 0.2) is 15.6 Å². The molecule has 0 radical (unpaired) electrons. The summed E-state index contributed by atoms with van der Waals surface area (Å²) in [5, 5.41) is 25.3. The molecule has 2 rings (SSSR count). The minimum Gasteiger partial charge on any atom is -0.511 e. The Morgan fingerprint density at radius 2 is 2.08 bits per heavy atom. The zero-order valence-corrected chi connectivity index (χ0v) is 15.6. The van der Waals surface area contributed by atoms with E-state index in [2.05, 4.69) is 5.16 Å². The number of allylic oxidation sites excluding steroid dienone is 1. The Bertz CT molecular complexity index is 681. The number of aliphatic hydroxyl groups excluding tert-OH is 1. The highest BCUT2D eigenvalue weighted by Crippen LogP contribution is 2.40. The molecule has 142 valence electrons. The Morgan fingerprint density at radius 1 is 1.36 bits per heavy atom. The van der Waals surface area contributed by atoms with Crippen molar-refractivity contribution in [3.8, 4) is 0 Å². The van der Waals surface area contributed by atoms with Gasteiger partial charge in [-0.05, 0) is 26.2 Å². The Labute approximate surface area is 148 Å². The van der Waals surface area contributed by atoms with Crippen LogP contribution in [0.25, 0.3) is 0 Å². The molecule has 1 aliphatic carbocycles. The Balaban J connectivity index is 2.30. The number of hydrogen-bond donors (Lipinski definition) is 2. The first-order chi connectivity index (χ1) is 11.7. The zero-order chi connectivity index (χ0) is 18.7. The summed E-state index contributed by atoms with van der Waals surface area (Å²) >= 11 is 0. The van der Waals surface area contributed by atoms with Crippen LogP contribution in [0.5, 0.6) is 0 Å². The number of Topliss-reactive ketones (excluding diaryl/α,β-unsaturated/α-hetero) is 1. The Morgan fingerprint density at radius 3 is 2.64 bits per heavy atom. The van der Waals surface area contributed by atoms with Gasteiger partial charge in [0, 0.05) is 18.8 Å². The van der Waals surface area contributed by atoms with Crippen molar-refractivity contribution in [3.05, 3.63) is 11.3 Å². The molecule has 0 bridgehead atoms. The molecule has 8 heteroatoms. The first-order valence-electron chi connectivity index (χ1n) is 8.79. The maximum atomic E-state index is 12.6. The molecular weight excluding hydrogens is 346 g/mol. The normalized spacial score (nSPS) is 30.4. The van der Waals surface area contributed by atoms with Crippen LogP contribution >= 0.6 is 0 Å². The average molecular weight is 373 g/mol. The smallest absolute Gasteiger partial charge is 0.171 e. The lowest BCUT2D eigenvalue weighted by Gasteiger charge is -2.40. The number of sulfone groups is 1. The van der Waals surface area contributed by atoms with Crippen LogP contribution in [0.1, 0.15) is 52.4 Å². The minimum atomic E-state index is -3.22. The summed E-state index contributed by atoms with van der Waals surface area (Å²) in [4.78, 5) is 17.7.